The molecule has 0 spiro atoms. The molecular weight excluding hydrogens is 331 g/mol. The van der Waals surface area contributed by atoms with Gasteiger partial charge in [0.05, 0.1) is 11.1 Å². The minimum Gasteiger partial charge on any atom is -0.338 e. The van der Waals surface area contributed by atoms with Crippen LogP contribution >= 0.6 is 11.5 Å². The number of aromatic nitrogens is 4. The Bertz CT molecular complexity index is 684. The first-order chi connectivity index (χ1) is 11.0. The molecule has 0 aromatic carbocycles. The topological polar surface area (TPSA) is 67.9 Å². The van der Waals surface area contributed by atoms with Gasteiger partial charge in [0.15, 0.2) is 11.2 Å². The maximum absolute atomic E-state index is 13.8. The average molecular weight is 345 g/mol. The van der Waals surface area contributed by atoms with Crippen molar-refractivity contribution in [3.63, 3.8) is 0 Å². The third kappa shape index (κ3) is 2.63. The summed E-state index contributed by atoms with van der Waals surface area (Å²) in [4.78, 5) is 6.66. The van der Waals surface area contributed by atoms with Crippen molar-refractivity contribution in [2.45, 2.75) is 43.3 Å². The number of hydrogen-bond acceptors (Lipinski definition) is 7. The van der Waals surface area contributed by atoms with E-state index in [9.17, 15) is 13.2 Å². The molecule has 1 saturated heterocycles. The zero-order valence-electron chi connectivity index (χ0n) is 12.1. The molecular formula is C13H14F3N5OS. The van der Waals surface area contributed by atoms with Gasteiger partial charge in [-0.1, -0.05) is 9.64 Å². The minimum atomic E-state index is -4.43. The van der Waals surface area contributed by atoms with Gasteiger partial charge in [0.25, 0.3) is 0 Å². The van der Waals surface area contributed by atoms with E-state index in [0.717, 1.165) is 17.7 Å². The molecule has 1 unspecified atom stereocenters. The quantitative estimate of drug-likeness (QED) is 0.848. The maximum atomic E-state index is 13.8. The van der Waals surface area contributed by atoms with Crippen LogP contribution in [-0.2, 0) is 12.0 Å². The summed E-state index contributed by atoms with van der Waals surface area (Å²) in [7, 11) is 0. The van der Waals surface area contributed by atoms with E-state index in [0.29, 0.717) is 18.9 Å². The molecule has 0 radical (unpaired) electrons. The third-order valence-electron chi connectivity index (χ3n) is 4.47. The highest BCUT2D eigenvalue weighted by Gasteiger charge is 2.62. The fourth-order valence-corrected chi connectivity index (χ4v) is 3.50. The first-order valence-electron chi connectivity index (χ1n) is 7.37. The van der Waals surface area contributed by atoms with Gasteiger partial charge in [-0.25, -0.2) is 0 Å². The highest BCUT2D eigenvalue weighted by molar-refractivity contribution is 7.05. The Labute approximate surface area is 133 Å². The van der Waals surface area contributed by atoms with E-state index in [2.05, 4.69) is 19.7 Å². The Hall–Kier alpha value is -1.55. The summed E-state index contributed by atoms with van der Waals surface area (Å²) in [6.45, 7) is 0.540. The maximum Gasteiger partial charge on any atom is 0.404 e. The van der Waals surface area contributed by atoms with Crippen LogP contribution < -0.4 is 0 Å². The van der Waals surface area contributed by atoms with Gasteiger partial charge < -0.3 is 4.52 Å². The van der Waals surface area contributed by atoms with E-state index in [-0.39, 0.29) is 24.8 Å². The zero-order valence-corrected chi connectivity index (χ0v) is 12.9. The molecule has 3 heterocycles. The van der Waals surface area contributed by atoms with E-state index < -0.39 is 11.6 Å². The summed E-state index contributed by atoms with van der Waals surface area (Å²) in [6, 6.07) is 0. The Morgan fingerprint density at radius 2 is 2.22 bits per heavy atom. The first kappa shape index (κ1) is 15.0. The molecule has 0 bridgehead atoms. The molecule has 1 atom stereocenters. The molecule has 0 amide bonds. The normalized spacial score (nSPS) is 26.0. The molecule has 1 aliphatic heterocycles. The van der Waals surface area contributed by atoms with Crippen molar-refractivity contribution in [1.82, 2.24) is 24.6 Å². The van der Waals surface area contributed by atoms with Crippen LogP contribution in [0.25, 0.3) is 0 Å². The lowest BCUT2D eigenvalue weighted by Crippen LogP contribution is -2.45. The highest BCUT2D eigenvalue weighted by atomic mass is 32.1. The number of alkyl halides is 3. The molecule has 1 aliphatic carbocycles. The second-order valence-corrected chi connectivity index (χ2v) is 7.03. The number of hydrogen-bond donors (Lipinski definition) is 0. The highest BCUT2D eigenvalue weighted by Crippen LogP contribution is 2.48. The monoisotopic (exact) mass is 345 g/mol. The van der Waals surface area contributed by atoms with Crippen molar-refractivity contribution < 1.29 is 17.7 Å². The second-order valence-electron chi connectivity index (χ2n) is 6.16. The van der Waals surface area contributed by atoms with Crippen LogP contribution in [0.4, 0.5) is 13.2 Å². The molecule has 10 heteroatoms. The molecule has 2 aromatic heterocycles. The minimum absolute atomic E-state index is 0.0744. The Morgan fingerprint density at radius 1 is 1.39 bits per heavy atom. The molecule has 2 aromatic rings. The van der Waals surface area contributed by atoms with Gasteiger partial charge in [-0.2, -0.15) is 18.2 Å². The van der Waals surface area contributed by atoms with Gasteiger partial charge >= 0.3 is 6.18 Å². The van der Waals surface area contributed by atoms with Gasteiger partial charge in [-0.3, -0.25) is 4.90 Å². The summed E-state index contributed by atoms with van der Waals surface area (Å²) in [5.74, 6) is 0.282. The molecule has 2 fully saturated rings. The van der Waals surface area contributed by atoms with Crippen LogP contribution in [0.2, 0.25) is 0 Å². The first-order valence-corrected chi connectivity index (χ1v) is 8.15. The Balaban J connectivity index is 1.60. The van der Waals surface area contributed by atoms with Gasteiger partial charge in [0, 0.05) is 19.0 Å². The van der Waals surface area contributed by atoms with Crippen molar-refractivity contribution >= 4 is 11.5 Å². The lowest BCUT2D eigenvalue weighted by molar-refractivity contribution is -0.193. The predicted molar refractivity (Wildman–Crippen MR) is 73.8 cm³/mol. The fraction of sp³-hybridized carbons (Fsp3) is 0.692. The van der Waals surface area contributed by atoms with Crippen LogP contribution in [-0.4, -0.2) is 43.9 Å². The molecule has 0 N–H and O–H groups in total. The Kier molecular flexibility index (Phi) is 3.41. The molecule has 4 rings (SSSR count). The molecule has 23 heavy (non-hydrogen) atoms. The SMILES string of the molecule is FC(F)(F)C1(c2nc(C3CC3)no2)CCN(Cc2cnns2)C1. The molecule has 6 nitrogen and oxygen atoms in total. The van der Waals surface area contributed by atoms with Crippen LogP contribution in [0.15, 0.2) is 10.7 Å². The largest absolute Gasteiger partial charge is 0.404 e. The zero-order chi connectivity index (χ0) is 16.1. The Morgan fingerprint density at radius 3 is 2.87 bits per heavy atom. The standard InChI is InChI=1S/C13H14F3N5OS/c14-13(15,16)12(11-18-10(19-22-11)8-1-2-8)3-4-21(7-12)6-9-5-17-20-23-9/h5,8H,1-4,6-7H2. The van der Waals surface area contributed by atoms with Gasteiger partial charge in [-0.05, 0) is 37.3 Å². The van der Waals surface area contributed by atoms with E-state index in [1.165, 1.54) is 11.5 Å². The molecule has 2 aliphatic rings. The van der Waals surface area contributed by atoms with Crippen LogP contribution in [0.3, 0.4) is 0 Å². The summed E-state index contributed by atoms with van der Waals surface area (Å²) in [6.07, 6.45) is -1.09. The molecule has 124 valence electrons. The number of rotatable bonds is 4. The predicted octanol–water partition coefficient (Wildman–Crippen LogP) is 2.50. The number of likely N-dealkylation sites (tertiary alicyclic amines) is 1. The lowest BCUT2D eigenvalue weighted by Gasteiger charge is -2.28. The van der Waals surface area contributed by atoms with Crippen molar-refractivity contribution in [3.05, 3.63) is 22.8 Å². The van der Waals surface area contributed by atoms with Gasteiger partial charge in [0.1, 0.15) is 0 Å². The molecule has 1 saturated carbocycles. The van der Waals surface area contributed by atoms with E-state index in [1.54, 1.807) is 11.1 Å². The van der Waals surface area contributed by atoms with Crippen molar-refractivity contribution in [1.29, 1.82) is 0 Å². The van der Waals surface area contributed by atoms with Gasteiger partial charge in [0.2, 0.25) is 5.89 Å². The fourth-order valence-electron chi connectivity index (χ4n) is 2.97. The lowest BCUT2D eigenvalue weighted by atomic mass is 9.86. The smallest absolute Gasteiger partial charge is 0.338 e. The third-order valence-corrected chi connectivity index (χ3v) is 5.12. The van der Waals surface area contributed by atoms with Crippen LogP contribution in [0.5, 0.6) is 0 Å². The van der Waals surface area contributed by atoms with Crippen LogP contribution in [0.1, 0.15) is 41.8 Å². The summed E-state index contributed by atoms with van der Waals surface area (Å²) >= 11 is 1.19. The van der Waals surface area contributed by atoms with Crippen molar-refractivity contribution in [3.8, 4) is 0 Å². The summed E-state index contributed by atoms with van der Waals surface area (Å²) in [5.41, 5.74) is -2.08. The van der Waals surface area contributed by atoms with E-state index in [4.69, 9.17) is 4.52 Å². The van der Waals surface area contributed by atoms with E-state index in [1.807, 2.05) is 0 Å². The van der Waals surface area contributed by atoms with E-state index >= 15 is 0 Å². The van der Waals surface area contributed by atoms with Crippen LogP contribution in [0, 0.1) is 0 Å². The average Bonchev–Trinajstić information content (AvgIpc) is 2.96. The summed E-state index contributed by atoms with van der Waals surface area (Å²) in [5, 5.41) is 7.48. The van der Waals surface area contributed by atoms with Crippen molar-refractivity contribution in [2.75, 3.05) is 13.1 Å². The number of nitrogens with zero attached hydrogens (tertiary/aromatic N) is 5. The number of halogens is 3. The summed E-state index contributed by atoms with van der Waals surface area (Å²) < 4.78 is 50.2. The van der Waals surface area contributed by atoms with Gasteiger partial charge in [-0.15, -0.1) is 5.10 Å². The van der Waals surface area contributed by atoms with Crippen molar-refractivity contribution in [2.24, 2.45) is 0 Å². The second kappa shape index (κ2) is 5.23.